The summed E-state index contributed by atoms with van der Waals surface area (Å²) in [5.74, 6) is 0.447. The number of hydrogen-bond donors (Lipinski definition) is 1. The first-order chi connectivity index (χ1) is 11.2. The summed E-state index contributed by atoms with van der Waals surface area (Å²) in [6.07, 6.45) is 5.33. The van der Waals surface area contributed by atoms with E-state index < -0.39 is 0 Å². The molecule has 2 N–H and O–H groups in total. The smallest absolute Gasteiger partial charge is 0.145 e. The van der Waals surface area contributed by atoms with Gasteiger partial charge in [0.05, 0.1) is 18.1 Å². The molecule has 0 aliphatic carbocycles. The van der Waals surface area contributed by atoms with Gasteiger partial charge in [0.15, 0.2) is 0 Å². The highest BCUT2D eigenvalue weighted by atomic mass is 15.4. The van der Waals surface area contributed by atoms with Crippen molar-refractivity contribution in [1.82, 2.24) is 29.5 Å². The Morgan fingerprint density at radius 1 is 1.09 bits per heavy atom. The largest absolute Gasteiger partial charge is 0.383 e. The monoisotopic (exact) mass is 305 g/mol. The second-order valence-corrected chi connectivity index (χ2v) is 5.40. The average Bonchev–Trinajstić information content (AvgIpc) is 3.14. The van der Waals surface area contributed by atoms with Crippen molar-refractivity contribution in [3.05, 3.63) is 54.6 Å². The Bertz CT molecular complexity index is 969. The van der Waals surface area contributed by atoms with E-state index in [1.54, 1.807) is 0 Å². The van der Waals surface area contributed by atoms with E-state index in [-0.39, 0.29) is 0 Å². The molecule has 3 aromatic heterocycles. The number of nitrogens with zero attached hydrogens (tertiary/aromatic N) is 6. The van der Waals surface area contributed by atoms with E-state index in [0.29, 0.717) is 12.4 Å². The van der Waals surface area contributed by atoms with Gasteiger partial charge in [-0.05, 0) is 5.56 Å². The topological polar surface area (TPSA) is 87.4 Å². The quantitative estimate of drug-likeness (QED) is 0.624. The maximum absolute atomic E-state index is 6.02. The number of rotatable bonds is 3. The number of aromatic nitrogens is 6. The molecule has 0 fully saturated rings. The summed E-state index contributed by atoms with van der Waals surface area (Å²) in [5, 5.41) is 9.29. The lowest BCUT2D eigenvalue weighted by Gasteiger charge is -1.99. The van der Waals surface area contributed by atoms with Crippen LogP contribution in [0.2, 0.25) is 0 Å². The summed E-state index contributed by atoms with van der Waals surface area (Å²) < 4.78 is 3.72. The number of anilines is 1. The molecule has 7 heteroatoms. The fourth-order valence-corrected chi connectivity index (χ4v) is 2.70. The SMILES string of the molecule is Cn1cc(-c2cn(Cc3ccccc3)nn2)c2c(N)ncnc21. The highest BCUT2D eigenvalue weighted by Gasteiger charge is 2.15. The van der Waals surface area contributed by atoms with Gasteiger partial charge in [-0.2, -0.15) is 0 Å². The molecule has 0 saturated heterocycles. The van der Waals surface area contributed by atoms with Crippen LogP contribution in [0.3, 0.4) is 0 Å². The van der Waals surface area contributed by atoms with Crippen molar-refractivity contribution in [2.75, 3.05) is 5.73 Å². The van der Waals surface area contributed by atoms with Gasteiger partial charge in [0.1, 0.15) is 23.5 Å². The molecular formula is C16H15N7. The molecule has 4 aromatic rings. The highest BCUT2D eigenvalue weighted by molar-refractivity contribution is 5.99. The zero-order valence-electron chi connectivity index (χ0n) is 12.6. The molecule has 0 amide bonds. The van der Waals surface area contributed by atoms with E-state index in [2.05, 4.69) is 32.4 Å². The predicted octanol–water partition coefficient (Wildman–Crippen LogP) is 1.86. The van der Waals surface area contributed by atoms with Crippen molar-refractivity contribution >= 4 is 16.9 Å². The number of nitrogen functional groups attached to an aromatic ring is 1. The van der Waals surface area contributed by atoms with Crippen LogP contribution in [-0.4, -0.2) is 29.5 Å². The zero-order chi connectivity index (χ0) is 15.8. The first kappa shape index (κ1) is 13.4. The molecule has 0 aliphatic heterocycles. The summed E-state index contributed by atoms with van der Waals surface area (Å²) in [7, 11) is 1.92. The van der Waals surface area contributed by atoms with Gasteiger partial charge in [0.25, 0.3) is 0 Å². The average molecular weight is 305 g/mol. The van der Waals surface area contributed by atoms with Gasteiger partial charge in [-0.1, -0.05) is 35.5 Å². The molecule has 0 unspecified atom stereocenters. The molecule has 0 bridgehead atoms. The first-order valence-corrected chi connectivity index (χ1v) is 7.22. The minimum atomic E-state index is 0.447. The van der Waals surface area contributed by atoms with Gasteiger partial charge in [-0.15, -0.1) is 5.10 Å². The fraction of sp³-hybridized carbons (Fsp3) is 0.125. The molecule has 114 valence electrons. The number of aryl methyl sites for hydroxylation is 1. The standard InChI is InChI=1S/C16H15N7/c1-22-8-12(14-15(17)18-10-19-16(14)22)13-9-23(21-20-13)7-11-5-3-2-4-6-11/h2-6,8-10H,7H2,1H3,(H2,17,18,19). The van der Waals surface area contributed by atoms with Crippen LogP contribution in [0, 0.1) is 0 Å². The predicted molar refractivity (Wildman–Crippen MR) is 87.5 cm³/mol. The minimum Gasteiger partial charge on any atom is -0.383 e. The molecule has 3 heterocycles. The number of hydrogen-bond acceptors (Lipinski definition) is 5. The van der Waals surface area contributed by atoms with Crippen molar-refractivity contribution in [2.45, 2.75) is 6.54 Å². The zero-order valence-corrected chi connectivity index (χ0v) is 12.6. The van der Waals surface area contributed by atoms with Crippen LogP contribution in [-0.2, 0) is 13.6 Å². The lowest BCUT2D eigenvalue weighted by atomic mass is 10.2. The maximum Gasteiger partial charge on any atom is 0.145 e. The van der Waals surface area contributed by atoms with Crippen molar-refractivity contribution in [3.63, 3.8) is 0 Å². The number of nitrogens with two attached hydrogens (primary N) is 1. The molecule has 4 rings (SSSR count). The summed E-state index contributed by atoms with van der Waals surface area (Å²) in [6.45, 7) is 0.671. The van der Waals surface area contributed by atoms with E-state index in [1.165, 1.54) is 11.9 Å². The third kappa shape index (κ3) is 2.32. The van der Waals surface area contributed by atoms with Gasteiger partial charge >= 0.3 is 0 Å². The van der Waals surface area contributed by atoms with E-state index >= 15 is 0 Å². The summed E-state index contributed by atoms with van der Waals surface area (Å²) in [4.78, 5) is 8.36. The summed E-state index contributed by atoms with van der Waals surface area (Å²) in [6, 6.07) is 10.1. The molecule has 0 atom stereocenters. The molecule has 0 aliphatic rings. The molecule has 0 saturated carbocycles. The fourth-order valence-electron chi connectivity index (χ4n) is 2.70. The van der Waals surface area contributed by atoms with Crippen molar-refractivity contribution in [2.24, 2.45) is 7.05 Å². The Labute approximate surface area is 132 Å². The highest BCUT2D eigenvalue weighted by Crippen LogP contribution is 2.30. The second-order valence-electron chi connectivity index (χ2n) is 5.40. The van der Waals surface area contributed by atoms with Crippen LogP contribution in [0.4, 0.5) is 5.82 Å². The Morgan fingerprint density at radius 2 is 1.91 bits per heavy atom. The lowest BCUT2D eigenvalue weighted by Crippen LogP contribution is -1.99. The Morgan fingerprint density at radius 3 is 2.74 bits per heavy atom. The first-order valence-electron chi connectivity index (χ1n) is 7.22. The van der Waals surface area contributed by atoms with Crippen LogP contribution in [0.5, 0.6) is 0 Å². The van der Waals surface area contributed by atoms with Gasteiger partial charge in [0.2, 0.25) is 0 Å². The van der Waals surface area contributed by atoms with Gasteiger partial charge in [-0.25, -0.2) is 14.6 Å². The normalized spacial score (nSPS) is 11.2. The second kappa shape index (κ2) is 5.20. The van der Waals surface area contributed by atoms with Crippen LogP contribution in [0.1, 0.15) is 5.56 Å². The van der Waals surface area contributed by atoms with Gasteiger partial charge in [0, 0.05) is 18.8 Å². The van der Waals surface area contributed by atoms with E-state index in [4.69, 9.17) is 5.73 Å². The van der Waals surface area contributed by atoms with Crippen LogP contribution < -0.4 is 5.73 Å². The molecule has 0 radical (unpaired) electrons. The lowest BCUT2D eigenvalue weighted by molar-refractivity contribution is 0.650. The number of benzene rings is 1. The molecule has 0 spiro atoms. The Balaban J connectivity index is 1.75. The van der Waals surface area contributed by atoms with Gasteiger partial charge < -0.3 is 10.3 Å². The van der Waals surface area contributed by atoms with Gasteiger partial charge in [-0.3, -0.25) is 0 Å². The molecule has 23 heavy (non-hydrogen) atoms. The minimum absolute atomic E-state index is 0.447. The van der Waals surface area contributed by atoms with E-state index in [1.807, 2.05) is 46.9 Å². The maximum atomic E-state index is 6.02. The Kier molecular flexibility index (Phi) is 3.04. The molecular weight excluding hydrogens is 290 g/mol. The molecule has 1 aromatic carbocycles. The number of fused-ring (bicyclic) bond motifs is 1. The Hall–Kier alpha value is -3.22. The van der Waals surface area contributed by atoms with Crippen LogP contribution in [0.25, 0.3) is 22.3 Å². The van der Waals surface area contributed by atoms with Crippen molar-refractivity contribution in [1.29, 1.82) is 0 Å². The van der Waals surface area contributed by atoms with Crippen molar-refractivity contribution in [3.8, 4) is 11.3 Å². The van der Waals surface area contributed by atoms with E-state index in [9.17, 15) is 0 Å². The summed E-state index contributed by atoms with van der Waals surface area (Å²) in [5.41, 5.74) is 9.62. The third-order valence-electron chi connectivity index (χ3n) is 3.78. The van der Waals surface area contributed by atoms with Crippen LogP contribution in [0.15, 0.2) is 49.1 Å². The third-order valence-corrected chi connectivity index (χ3v) is 3.78. The van der Waals surface area contributed by atoms with E-state index in [0.717, 1.165) is 22.3 Å². The van der Waals surface area contributed by atoms with Crippen LogP contribution >= 0.6 is 0 Å². The van der Waals surface area contributed by atoms with Crippen molar-refractivity contribution < 1.29 is 0 Å². The summed E-state index contributed by atoms with van der Waals surface area (Å²) >= 11 is 0. The molecule has 7 nitrogen and oxygen atoms in total.